The predicted octanol–water partition coefficient (Wildman–Crippen LogP) is 1.37. The molecule has 6 nitrogen and oxygen atoms in total. The van der Waals surface area contributed by atoms with E-state index < -0.39 is 4.92 Å². The Balaban J connectivity index is 2.54. The van der Waals surface area contributed by atoms with Crippen LogP contribution in [-0.2, 0) is 11.2 Å². The molecule has 0 N–H and O–H groups in total. The van der Waals surface area contributed by atoms with Crippen LogP contribution in [0.5, 0.6) is 0 Å². The van der Waals surface area contributed by atoms with Gasteiger partial charge >= 0.3 is 5.82 Å². The molecule has 0 aliphatic rings. The second kappa shape index (κ2) is 3.73. The molecule has 0 aromatic carbocycles. The molecule has 0 bridgehead atoms. The Morgan fingerprint density at radius 1 is 1.62 bits per heavy atom. The number of hydrogen-bond acceptors (Lipinski definition) is 4. The Hall–Kier alpha value is -2.24. The number of hydrogen-bond donors (Lipinski definition) is 0. The Bertz CT molecular complexity index is 574. The molecule has 2 aromatic rings. The number of nitrogens with zero attached hydrogens (tertiary/aromatic N) is 3. The van der Waals surface area contributed by atoms with Crippen molar-refractivity contribution < 1.29 is 9.72 Å². The Morgan fingerprint density at radius 3 is 3.00 bits per heavy atom. The van der Waals surface area contributed by atoms with E-state index >= 15 is 0 Å². The van der Waals surface area contributed by atoms with Crippen LogP contribution in [0.15, 0.2) is 24.7 Å². The van der Waals surface area contributed by atoms with Crippen molar-refractivity contribution in [2.45, 2.75) is 13.3 Å². The number of carbonyl (C=O) groups is 1. The van der Waals surface area contributed by atoms with E-state index in [2.05, 4.69) is 4.98 Å². The molecule has 2 aromatic heterocycles. The van der Waals surface area contributed by atoms with E-state index in [1.807, 2.05) is 0 Å². The molecule has 16 heavy (non-hydrogen) atoms. The van der Waals surface area contributed by atoms with Crippen molar-refractivity contribution in [2.75, 3.05) is 0 Å². The zero-order valence-corrected chi connectivity index (χ0v) is 8.58. The third-order valence-electron chi connectivity index (χ3n) is 2.21. The van der Waals surface area contributed by atoms with Crippen LogP contribution < -0.4 is 0 Å². The summed E-state index contributed by atoms with van der Waals surface area (Å²) in [5, 5.41) is 10.7. The summed E-state index contributed by atoms with van der Waals surface area (Å²) in [6, 6.07) is 3.37. The lowest BCUT2D eigenvalue weighted by molar-refractivity contribution is -0.387. The van der Waals surface area contributed by atoms with Crippen molar-refractivity contribution in [3.8, 4) is 0 Å². The minimum Gasteiger partial charge on any atom is -0.358 e. The maximum absolute atomic E-state index is 11.0. The summed E-state index contributed by atoms with van der Waals surface area (Å²) in [6.45, 7) is 1.48. The van der Waals surface area contributed by atoms with Crippen molar-refractivity contribution in [1.29, 1.82) is 0 Å². The highest BCUT2D eigenvalue weighted by Gasteiger charge is 2.15. The molecule has 2 heterocycles. The highest BCUT2D eigenvalue weighted by atomic mass is 16.6. The van der Waals surface area contributed by atoms with Gasteiger partial charge in [-0.2, -0.15) is 0 Å². The van der Waals surface area contributed by atoms with Crippen LogP contribution in [0.2, 0.25) is 0 Å². The number of ketones is 1. The van der Waals surface area contributed by atoms with E-state index in [0.29, 0.717) is 5.52 Å². The first kappa shape index (κ1) is 10.3. The molecule has 0 spiro atoms. The predicted molar refractivity (Wildman–Crippen MR) is 56.2 cm³/mol. The fourth-order valence-corrected chi connectivity index (χ4v) is 1.56. The molecule has 0 aliphatic carbocycles. The maximum atomic E-state index is 11.0. The van der Waals surface area contributed by atoms with Gasteiger partial charge in [0.05, 0.1) is 0 Å². The molecule has 0 amide bonds. The lowest BCUT2D eigenvalue weighted by atomic mass is 10.1. The number of fused-ring (bicyclic) bond motifs is 1. The zero-order valence-electron chi connectivity index (χ0n) is 8.58. The molecule has 0 aliphatic heterocycles. The van der Waals surface area contributed by atoms with E-state index in [1.54, 1.807) is 22.7 Å². The molecule has 0 unspecified atom stereocenters. The van der Waals surface area contributed by atoms with Gasteiger partial charge in [0.15, 0.2) is 0 Å². The molecule has 2 rings (SSSR count). The van der Waals surface area contributed by atoms with Crippen molar-refractivity contribution in [1.82, 2.24) is 9.38 Å². The molecule has 0 saturated heterocycles. The topological polar surface area (TPSA) is 77.5 Å². The van der Waals surface area contributed by atoms with Crippen LogP contribution >= 0.6 is 0 Å². The van der Waals surface area contributed by atoms with Gasteiger partial charge in [-0.1, -0.05) is 0 Å². The minimum absolute atomic E-state index is 0.0199. The average molecular weight is 219 g/mol. The summed E-state index contributed by atoms with van der Waals surface area (Å²) in [6.07, 6.45) is 3.32. The van der Waals surface area contributed by atoms with Gasteiger partial charge in [0, 0.05) is 12.6 Å². The van der Waals surface area contributed by atoms with Crippen LogP contribution in [0.25, 0.3) is 5.52 Å². The van der Waals surface area contributed by atoms with Crippen molar-refractivity contribution >= 4 is 17.1 Å². The van der Waals surface area contributed by atoms with Gasteiger partial charge in [-0.15, -0.1) is 0 Å². The van der Waals surface area contributed by atoms with Gasteiger partial charge in [0.2, 0.25) is 6.33 Å². The standard InChI is InChI=1S/C10H9N3O3/c1-7(14)4-8-2-3-12-6-11-10(13(15)16)9(12)5-8/h2-3,5-6H,4H2,1H3. The van der Waals surface area contributed by atoms with Gasteiger partial charge in [-0.3, -0.25) is 9.20 Å². The first-order chi connectivity index (χ1) is 7.58. The number of aromatic nitrogens is 2. The molecule has 6 heteroatoms. The third-order valence-corrected chi connectivity index (χ3v) is 2.21. The molecular weight excluding hydrogens is 210 g/mol. The summed E-state index contributed by atoms with van der Waals surface area (Å²) in [7, 11) is 0. The Labute approximate surface area is 90.7 Å². The largest absolute Gasteiger partial charge is 0.389 e. The highest BCUT2D eigenvalue weighted by Crippen LogP contribution is 2.18. The normalized spacial score (nSPS) is 10.6. The number of imidazole rings is 1. The molecule has 0 fully saturated rings. The Kier molecular flexibility index (Phi) is 2.40. The summed E-state index contributed by atoms with van der Waals surface area (Å²) in [5.41, 5.74) is 1.16. The lowest BCUT2D eigenvalue weighted by Gasteiger charge is -1.98. The van der Waals surface area contributed by atoms with E-state index in [4.69, 9.17) is 0 Å². The number of carbonyl (C=O) groups excluding carboxylic acids is 1. The second-order valence-corrected chi connectivity index (χ2v) is 3.53. The maximum Gasteiger partial charge on any atom is 0.389 e. The molecule has 0 radical (unpaired) electrons. The average Bonchev–Trinajstić information content (AvgIpc) is 2.59. The molecular formula is C10H9N3O3. The summed E-state index contributed by atoms with van der Waals surface area (Å²) in [4.78, 5) is 24.8. The zero-order chi connectivity index (χ0) is 11.7. The summed E-state index contributed by atoms with van der Waals surface area (Å²) in [5.74, 6) is -0.170. The van der Waals surface area contributed by atoms with Crippen molar-refractivity contribution in [2.24, 2.45) is 0 Å². The van der Waals surface area contributed by atoms with E-state index in [9.17, 15) is 14.9 Å². The number of nitro groups is 1. The smallest absolute Gasteiger partial charge is 0.358 e. The first-order valence-electron chi connectivity index (χ1n) is 4.67. The number of rotatable bonds is 3. The second-order valence-electron chi connectivity index (χ2n) is 3.53. The van der Waals surface area contributed by atoms with Crippen LogP contribution in [0.4, 0.5) is 5.82 Å². The monoisotopic (exact) mass is 219 g/mol. The fraction of sp³-hybridized carbons (Fsp3) is 0.200. The van der Waals surface area contributed by atoms with Crippen LogP contribution in [-0.4, -0.2) is 20.1 Å². The van der Waals surface area contributed by atoms with Crippen LogP contribution in [0, 0.1) is 10.1 Å². The summed E-state index contributed by atoms with van der Waals surface area (Å²) < 4.78 is 1.56. The van der Waals surface area contributed by atoms with Gasteiger partial charge in [0.1, 0.15) is 11.3 Å². The SMILES string of the molecule is CC(=O)Cc1ccn2cnc([N+](=O)[O-])c2c1. The van der Waals surface area contributed by atoms with E-state index in [0.717, 1.165) is 5.56 Å². The quantitative estimate of drug-likeness (QED) is 0.577. The summed E-state index contributed by atoms with van der Waals surface area (Å²) >= 11 is 0. The minimum atomic E-state index is -0.535. The fourth-order valence-electron chi connectivity index (χ4n) is 1.56. The van der Waals surface area contributed by atoms with E-state index in [-0.39, 0.29) is 18.0 Å². The number of pyridine rings is 1. The molecule has 0 saturated carbocycles. The molecule has 82 valence electrons. The van der Waals surface area contributed by atoms with Gasteiger partial charge < -0.3 is 10.1 Å². The first-order valence-corrected chi connectivity index (χ1v) is 4.67. The molecule has 0 atom stereocenters. The third kappa shape index (κ3) is 1.77. The van der Waals surface area contributed by atoms with Gasteiger partial charge in [-0.25, -0.2) is 0 Å². The van der Waals surface area contributed by atoms with Crippen LogP contribution in [0.1, 0.15) is 12.5 Å². The van der Waals surface area contributed by atoms with Crippen LogP contribution in [0.3, 0.4) is 0 Å². The van der Waals surface area contributed by atoms with Gasteiger partial charge in [0.25, 0.3) is 0 Å². The van der Waals surface area contributed by atoms with E-state index in [1.165, 1.54) is 13.3 Å². The van der Waals surface area contributed by atoms with Gasteiger partial charge in [-0.05, 0) is 34.5 Å². The number of Topliss-reactive ketones (excluding diaryl/α,β-unsaturated/α-hetero) is 1. The Morgan fingerprint density at radius 2 is 2.38 bits per heavy atom. The lowest BCUT2D eigenvalue weighted by Crippen LogP contribution is -1.97. The highest BCUT2D eigenvalue weighted by molar-refractivity contribution is 5.79. The van der Waals surface area contributed by atoms with Crippen molar-refractivity contribution in [3.05, 3.63) is 40.3 Å². The van der Waals surface area contributed by atoms with Crippen molar-refractivity contribution in [3.63, 3.8) is 0 Å².